The van der Waals surface area contributed by atoms with Crippen LogP contribution in [0.25, 0.3) is 0 Å². The first kappa shape index (κ1) is 20.9. The molecule has 1 aromatic carbocycles. The molecule has 0 aromatic heterocycles. The molecule has 5 heteroatoms. The number of aryl methyl sites for hydroxylation is 1. The van der Waals surface area contributed by atoms with Crippen LogP contribution in [0.5, 0.6) is 0 Å². The highest BCUT2D eigenvalue weighted by Crippen LogP contribution is 2.23. The summed E-state index contributed by atoms with van der Waals surface area (Å²) in [5.41, 5.74) is 2.18. The Morgan fingerprint density at radius 1 is 1.19 bits per heavy atom. The highest BCUT2D eigenvalue weighted by molar-refractivity contribution is 5.83. The van der Waals surface area contributed by atoms with E-state index in [-0.39, 0.29) is 17.5 Å². The van der Waals surface area contributed by atoms with E-state index in [9.17, 15) is 4.79 Å². The summed E-state index contributed by atoms with van der Waals surface area (Å²) in [5, 5.41) is 3.22. The van der Waals surface area contributed by atoms with E-state index in [0.717, 1.165) is 43.9 Å². The first-order valence-electron chi connectivity index (χ1n) is 9.73. The highest BCUT2D eigenvalue weighted by Gasteiger charge is 2.31. The molecule has 0 radical (unpaired) electrons. The van der Waals surface area contributed by atoms with Crippen molar-refractivity contribution < 1.29 is 4.79 Å². The molecule has 1 fully saturated rings. The summed E-state index contributed by atoms with van der Waals surface area (Å²) >= 11 is 0. The Labute approximate surface area is 159 Å². The Kier molecular flexibility index (Phi) is 7.21. The number of hydrogen-bond donors (Lipinski definition) is 1. The molecule has 0 aliphatic carbocycles. The van der Waals surface area contributed by atoms with Gasteiger partial charge in [-0.1, -0.05) is 31.2 Å². The molecular formula is C21H36N4O. The largest absolute Gasteiger partial charge is 0.353 e. The van der Waals surface area contributed by atoms with Crippen LogP contribution >= 0.6 is 0 Å². The van der Waals surface area contributed by atoms with Crippen molar-refractivity contribution in [1.82, 2.24) is 20.0 Å². The lowest BCUT2D eigenvalue weighted by molar-refractivity contribution is -0.126. The number of nitrogens with one attached hydrogen (secondary N) is 1. The van der Waals surface area contributed by atoms with Crippen molar-refractivity contribution in [3.8, 4) is 0 Å². The third kappa shape index (κ3) is 5.06. The maximum atomic E-state index is 13.0. The molecule has 1 amide bonds. The molecule has 1 atom stereocenters. The fraction of sp³-hybridized carbons (Fsp3) is 0.667. The molecule has 1 aliphatic heterocycles. The highest BCUT2D eigenvalue weighted by atomic mass is 16.2. The number of amides is 1. The van der Waals surface area contributed by atoms with Gasteiger partial charge in [0.2, 0.25) is 5.91 Å². The van der Waals surface area contributed by atoms with Gasteiger partial charge in [0.15, 0.2) is 0 Å². The van der Waals surface area contributed by atoms with Gasteiger partial charge in [-0.2, -0.15) is 0 Å². The first-order valence-corrected chi connectivity index (χ1v) is 9.73. The number of benzene rings is 1. The maximum Gasteiger partial charge on any atom is 0.242 e. The summed E-state index contributed by atoms with van der Waals surface area (Å²) in [5.74, 6) is 0.0737. The van der Waals surface area contributed by atoms with Crippen LogP contribution in [-0.4, -0.2) is 79.5 Å². The number of carbonyl (C=O) groups is 1. The predicted octanol–water partition coefficient (Wildman–Crippen LogP) is 2.13. The molecule has 1 aliphatic rings. The van der Waals surface area contributed by atoms with E-state index >= 15 is 0 Å². The average Bonchev–Trinajstić information content (AvgIpc) is 2.61. The molecule has 0 bridgehead atoms. The minimum absolute atomic E-state index is 0.0436. The molecule has 0 unspecified atom stereocenters. The van der Waals surface area contributed by atoms with Gasteiger partial charge in [-0.15, -0.1) is 0 Å². The zero-order valence-corrected chi connectivity index (χ0v) is 17.4. The van der Waals surface area contributed by atoms with E-state index in [2.05, 4.69) is 54.9 Å². The zero-order chi connectivity index (χ0) is 19.3. The van der Waals surface area contributed by atoms with Gasteiger partial charge < -0.3 is 10.2 Å². The predicted molar refractivity (Wildman–Crippen MR) is 108 cm³/mol. The van der Waals surface area contributed by atoms with Crippen molar-refractivity contribution in [2.24, 2.45) is 0 Å². The third-order valence-electron chi connectivity index (χ3n) is 5.62. The van der Waals surface area contributed by atoms with Gasteiger partial charge in [-0.3, -0.25) is 14.6 Å². The van der Waals surface area contributed by atoms with Gasteiger partial charge >= 0.3 is 0 Å². The Hall–Kier alpha value is -1.43. The molecule has 146 valence electrons. The molecule has 5 nitrogen and oxygen atoms in total. The molecular weight excluding hydrogens is 324 g/mol. The quantitative estimate of drug-likeness (QED) is 0.809. The van der Waals surface area contributed by atoms with Crippen molar-refractivity contribution in [1.29, 1.82) is 0 Å². The Morgan fingerprint density at radius 3 is 2.35 bits per heavy atom. The SMILES string of the molecule is CCN1CCN(C(C)(C)CNC(=O)[C@H](c2ccccc2C)N(C)C)CC1. The zero-order valence-electron chi connectivity index (χ0n) is 17.4. The third-order valence-corrected chi connectivity index (χ3v) is 5.62. The van der Waals surface area contributed by atoms with Crippen molar-refractivity contribution in [2.45, 2.75) is 39.3 Å². The minimum atomic E-state index is -0.260. The van der Waals surface area contributed by atoms with Crippen molar-refractivity contribution in [3.05, 3.63) is 35.4 Å². The second-order valence-corrected chi connectivity index (χ2v) is 8.17. The van der Waals surface area contributed by atoms with Gasteiger partial charge in [0.1, 0.15) is 6.04 Å². The monoisotopic (exact) mass is 360 g/mol. The molecule has 0 spiro atoms. The molecule has 1 N–H and O–H groups in total. The second-order valence-electron chi connectivity index (χ2n) is 8.17. The van der Waals surface area contributed by atoms with Gasteiger partial charge in [0.25, 0.3) is 0 Å². The molecule has 2 rings (SSSR count). The maximum absolute atomic E-state index is 13.0. The van der Waals surface area contributed by atoms with Crippen LogP contribution in [0.2, 0.25) is 0 Å². The van der Waals surface area contributed by atoms with Crippen LogP contribution in [0.15, 0.2) is 24.3 Å². The number of piperazine rings is 1. The first-order chi connectivity index (χ1) is 12.3. The van der Waals surface area contributed by atoms with Crippen LogP contribution in [0.1, 0.15) is 37.9 Å². The lowest BCUT2D eigenvalue weighted by atomic mass is 9.98. The van der Waals surface area contributed by atoms with E-state index < -0.39 is 0 Å². The molecule has 1 aromatic rings. The summed E-state index contributed by atoms with van der Waals surface area (Å²) in [4.78, 5) is 20.0. The van der Waals surface area contributed by atoms with E-state index in [4.69, 9.17) is 0 Å². The lowest BCUT2D eigenvalue weighted by Gasteiger charge is -2.44. The van der Waals surface area contributed by atoms with Crippen LogP contribution in [0.4, 0.5) is 0 Å². The van der Waals surface area contributed by atoms with Crippen LogP contribution in [-0.2, 0) is 4.79 Å². The summed E-state index contributed by atoms with van der Waals surface area (Å²) in [6, 6.07) is 7.88. The lowest BCUT2D eigenvalue weighted by Crippen LogP contribution is -2.58. The van der Waals surface area contributed by atoms with E-state index in [1.54, 1.807) is 0 Å². The fourth-order valence-corrected chi connectivity index (χ4v) is 3.73. The number of nitrogens with zero attached hydrogens (tertiary/aromatic N) is 3. The van der Waals surface area contributed by atoms with Gasteiger partial charge in [-0.05, 0) is 52.5 Å². The second kappa shape index (κ2) is 8.98. The molecule has 0 saturated carbocycles. The topological polar surface area (TPSA) is 38.8 Å². The van der Waals surface area contributed by atoms with Crippen LogP contribution in [0, 0.1) is 6.92 Å². The Balaban J connectivity index is 2.00. The standard InChI is InChI=1S/C21H36N4O/c1-7-24-12-14-25(15-13-24)21(3,4)16-22-20(26)19(23(5)6)18-11-9-8-10-17(18)2/h8-11,19H,7,12-16H2,1-6H3,(H,22,26)/t19-/m0/s1. The van der Waals surface area contributed by atoms with E-state index in [1.165, 1.54) is 0 Å². The van der Waals surface area contributed by atoms with Crippen LogP contribution < -0.4 is 5.32 Å². The molecule has 26 heavy (non-hydrogen) atoms. The Bertz CT molecular complexity index is 591. The Morgan fingerprint density at radius 2 is 1.81 bits per heavy atom. The van der Waals surface area contributed by atoms with Crippen molar-refractivity contribution in [3.63, 3.8) is 0 Å². The van der Waals surface area contributed by atoms with E-state index in [0.29, 0.717) is 6.54 Å². The van der Waals surface area contributed by atoms with Gasteiger partial charge in [0, 0.05) is 38.3 Å². The van der Waals surface area contributed by atoms with E-state index in [1.807, 2.05) is 31.1 Å². The van der Waals surface area contributed by atoms with Crippen molar-refractivity contribution >= 4 is 5.91 Å². The van der Waals surface area contributed by atoms with Crippen LogP contribution in [0.3, 0.4) is 0 Å². The number of likely N-dealkylation sites (N-methyl/N-ethyl adjacent to an activating group) is 2. The summed E-state index contributed by atoms with van der Waals surface area (Å²) in [6.07, 6.45) is 0. The number of carbonyl (C=O) groups excluding carboxylic acids is 1. The summed E-state index contributed by atoms with van der Waals surface area (Å²) in [7, 11) is 3.93. The normalized spacial score (nSPS) is 18.1. The van der Waals surface area contributed by atoms with Gasteiger partial charge in [-0.25, -0.2) is 0 Å². The molecule has 1 saturated heterocycles. The fourth-order valence-electron chi connectivity index (χ4n) is 3.73. The van der Waals surface area contributed by atoms with Gasteiger partial charge in [0.05, 0.1) is 0 Å². The number of rotatable bonds is 7. The average molecular weight is 361 g/mol. The molecule has 1 heterocycles. The summed E-state index contributed by atoms with van der Waals surface area (Å²) in [6.45, 7) is 14.9. The number of hydrogen-bond acceptors (Lipinski definition) is 4. The summed E-state index contributed by atoms with van der Waals surface area (Å²) < 4.78 is 0. The van der Waals surface area contributed by atoms with Crippen molar-refractivity contribution in [2.75, 3.05) is 53.4 Å². The minimum Gasteiger partial charge on any atom is -0.353 e. The smallest absolute Gasteiger partial charge is 0.242 e.